The Morgan fingerprint density at radius 3 is 1.38 bits per heavy atom. The van der Waals surface area contributed by atoms with Crippen LogP contribution in [0.25, 0.3) is 11.1 Å². The second-order valence-electron chi connectivity index (χ2n) is 26.3. The smallest absolute Gasteiger partial charge is 0.407 e. The largest absolute Gasteiger partial charge is 0.466 e. The summed E-state index contributed by atoms with van der Waals surface area (Å²) in [4.78, 5) is 87.1. The molecule has 8 aromatic carbocycles. The summed E-state index contributed by atoms with van der Waals surface area (Å²) in [6, 6.07) is 74.0. The van der Waals surface area contributed by atoms with Crippen molar-refractivity contribution < 1.29 is 43.0 Å². The van der Waals surface area contributed by atoms with Crippen LogP contribution < -0.4 is 21.3 Å². The van der Waals surface area contributed by atoms with Gasteiger partial charge in [0.25, 0.3) is 5.91 Å². The van der Waals surface area contributed by atoms with Gasteiger partial charge in [0.15, 0.2) is 0 Å². The standard InChI is InChI=1S/C82H90N4O9S2Si/c1-9-71(76(88)85-75(58(4)5)79(91)95-65(54-73(87)93-51-53-98(6,7)8)46-32-33-52-96-81(59-34-16-10-17-35-59,60-36-18-11-19-37-60)61-38-20-12-21-39-61)83-77(89)72(56-97-82(62-40-22-13-23-41-62,63-42-24-14-25-43-63)64-44-26-15-27-45-64)84-78(90)74(57(2)3)86-80(92)94-55-70-68-49-30-28-47-66(68)67-48-29-31-50-69(67)70/h9-32,34-50,57-58,65,70,72,74-75H,33,51-56H2,1-8H3,(H,83,89)(H,84,90)(H,85,88)(H,86,92). The Bertz CT molecular complexity index is 3770. The topological polar surface area (TPSA) is 178 Å². The van der Waals surface area contributed by atoms with Crippen molar-refractivity contribution in [3.05, 3.63) is 299 Å². The number of rotatable bonds is 32. The maximum Gasteiger partial charge on any atom is 0.407 e. The van der Waals surface area contributed by atoms with Gasteiger partial charge in [0, 0.05) is 19.7 Å². The molecule has 0 heterocycles. The molecule has 16 heteroatoms. The van der Waals surface area contributed by atoms with E-state index in [1.165, 1.54) is 17.8 Å². The zero-order chi connectivity index (χ0) is 69.7. The molecule has 0 aromatic heterocycles. The van der Waals surface area contributed by atoms with E-state index in [-0.39, 0.29) is 37.0 Å². The molecule has 0 spiro atoms. The van der Waals surface area contributed by atoms with E-state index in [4.69, 9.17) is 14.2 Å². The van der Waals surface area contributed by atoms with E-state index in [1.54, 1.807) is 52.5 Å². The molecule has 4 unspecified atom stereocenters. The van der Waals surface area contributed by atoms with E-state index in [1.807, 2.05) is 152 Å². The highest BCUT2D eigenvalue weighted by Gasteiger charge is 2.41. The van der Waals surface area contributed by atoms with Gasteiger partial charge in [0.05, 0.1) is 22.5 Å². The van der Waals surface area contributed by atoms with Gasteiger partial charge in [-0.15, -0.1) is 23.5 Å². The van der Waals surface area contributed by atoms with Gasteiger partial charge < -0.3 is 35.5 Å². The van der Waals surface area contributed by atoms with Gasteiger partial charge in [0.1, 0.15) is 36.5 Å². The lowest BCUT2D eigenvalue weighted by Crippen LogP contribution is -2.57. The average molecular weight is 1370 g/mol. The Kier molecular flexibility index (Phi) is 25.9. The number of esters is 2. The molecule has 508 valence electrons. The van der Waals surface area contributed by atoms with E-state index in [9.17, 15) is 24.0 Å². The molecule has 0 aliphatic heterocycles. The highest BCUT2D eigenvalue weighted by Crippen LogP contribution is 2.50. The van der Waals surface area contributed by atoms with Gasteiger partial charge >= 0.3 is 18.0 Å². The van der Waals surface area contributed by atoms with Crippen LogP contribution in [0, 0.1) is 11.8 Å². The summed E-state index contributed by atoms with van der Waals surface area (Å²) in [6.45, 7) is 15.5. The molecule has 13 nitrogen and oxygen atoms in total. The quantitative estimate of drug-likeness (QED) is 0.00600. The number of ether oxygens (including phenoxy) is 3. The Morgan fingerprint density at radius 2 is 0.949 bits per heavy atom. The minimum atomic E-state index is -1.56. The van der Waals surface area contributed by atoms with Crippen molar-refractivity contribution in [2.45, 2.75) is 113 Å². The van der Waals surface area contributed by atoms with Gasteiger partial charge in [-0.2, -0.15) is 0 Å². The molecule has 0 fully saturated rings. The van der Waals surface area contributed by atoms with E-state index >= 15 is 4.79 Å². The molecule has 1 aliphatic rings. The number of carbonyl (C=O) groups excluding carboxylic acids is 6. The molecule has 4 amide bonds. The summed E-state index contributed by atoms with van der Waals surface area (Å²) >= 11 is 3.21. The minimum absolute atomic E-state index is 0.0186. The molecule has 8 aromatic rings. The summed E-state index contributed by atoms with van der Waals surface area (Å²) in [7, 11) is -1.56. The van der Waals surface area contributed by atoms with Crippen LogP contribution in [0.4, 0.5) is 4.79 Å². The second-order valence-corrected chi connectivity index (χ2v) is 34.4. The summed E-state index contributed by atoms with van der Waals surface area (Å²) in [5, 5.41) is 11.4. The monoisotopic (exact) mass is 1370 g/mol. The number of amides is 4. The number of hydrogen-bond acceptors (Lipinski definition) is 11. The first-order valence-electron chi connectivity index (χ1n) is 33.7. The zero-order valence-electron chi connectivity index (χ0n) is 57.2. The maximum atomic E-state index is 15.3. The molecule has 0 saturated carbocycles. The van der Waals surface area contributed by atoms with Crippen LogP contribution in [0.3, 0.4) is 0 Å². The SMILES string of the molecule is CC=C(NC(=O)C(CSC(c1ccccc1)(c1ccccc1)c1ccccc1)NC(=O)C(NC(=O)OCC1c2ccccc2-c2ccccc21)C(C)C)C(=O)NC(C(=O)OC(C=CCCSC(c1ccccc1)(c1ccccc1)c1ccccc1)CC(=O)OCC[Si](C)(C)C)C(C)C. The van der Waals surface area contributed by atoms with Crippen molar-refractivity contribution in [3.8, 4) is 11.1 Å². The summed E-state index contributed by atoms with van der Waals surface area (Å²) in [6.07, 6.45) is 3.48. The van der Waals surface area contributed by atoms with E-state index < -0.39 is 89.4 Å². The zero-order valence-corrected chi connectivity index (χ0v) is 59.8. The number of fused-ring (bicyclic) bond motifs is 3. The third kappa shape index (κ3) is 18.5. The third-order valence-electron chi connectivity index (χ3n) is 17.5. The van der Waals surface area contributed by atoms with Crippen molar-refractivity contribution >= 4 is 67.4 Å². The van der Waals surface area contributed by atoms with E-state index in [2.05, 4.69) is 126 Å². The lowest BCUT2D eigenvalue weighted by molar-refractivity contribution is -0.156. The van der Waals surface area contributed by atoms with E-state index in [0.29, 0.717) is 12.2 Å². The predicted molar refractivity (Wildman–Crippen MR) is 398 cm³/mol. The molecule has 98 heavy (non-hydrogen) atoms. The van der Waals surface area contributed by atoms with Crippen LogP contribution in [0.1, 0.15) is 97.9 Å². The number of thioether (sulfide) groups is 2. The first kappa shape index (κ1) is 73.0. The number of allylic oxidation sites excluding steroid dienone is 2. The summed E-state index contributed by atoms with van der Waals surface area (Å²) in [5.41, 5.74) is 10.1. The first-order chi connectivity index (χ1) is 47.3. The summed E-state index contributed by atoms with van der Waals surface area (Å²) in [5.74, 6) is -4.16. The Hall–Kier alpha value is -9.22. The third-order valence-corrected chi connectivity index (χ3v) is 22.4. The van der Waals surface area contributed by atoms with Crippen molar-refractivity contribution in [3.63, 3.8) is 0 Å². The van der Waals surface area contributed by atoms with Crippen LogP contribution in [0.15, 0.2) is 254 Å². The normalized spacial score (nSPS) is 13.7. The number of hydrogen-bond donors (Lipinski definition) is 4. The Balaban J connectivity index is 0.944. The van der Waals surface area contributed by atoms with Crippen molar-refractivity contribution in [2.75, 3.05) is 24.7 Å². The van der Waals surface area contributed by atoms with Crippen LogP contribution in [-0.4, -0.2) is 92.8 Å². The fourth-order valence-electron chi connectivity index (χ4n) is 12.3. The van der Waals surface area contributed by atoms with Crippen molar-refractivity contribution in [2.24, 2.45) is 11.8 Å². The highest BCUT2D eigenvalue weighted by molar-refractivity contribution is 8.01. The molecule has 4 N–H and O–H groups in total. The first-order valence-corrected chi connectivity index (χ1v) is 39.3. The molecular formula is C82H90N4O9S2Si. The van der Waals surface area contributed by atoms with Crippen LogP contribution >= 0.6 is 23.5 Å². The number of benzene rings is 8. The number of carbonyl (C=O) groups is 6. The fraction of sp³-hybridized carbons (Fsp3) is 0.293. The summed E-state index contributed by atoms with van der Waals surface area (Å²) < 4.78 is 16.4. The van der Waals surface area contributed by atoms with Crippen molar-refractivity contribution in [1.29, 1.82) is 0 Å². The van der Waals surface area contributed by atoms with Crippen LogP contribution in [0.2, 0.25) is 25.7 Å². The predicted octanol–water partition coefficient (Wildman–Crippen LogP) is 15.8. The Morgan fingerprint density at radius 1 is 0.520 bits per heavy atom. The van der Waals surface area contributed by atoms with Gasteiger partial charge in [-0.05, 0) is 98.7 Å². The molecule has 0 radical (unpaired) electrons. The van der Waals surface area contributed by atoms with Crippen LogP contribution in [0.5, 0.6) is 0 Å². The molecule has 0 bridgehead atoms. The molecule has 0 saturated heterocycles. The van der Waals surface area contributed by atoms with Gasteiger partial charge in [0.2, 0.25) is 11.8 Å². The minimum Gasteiger partial charge on any atom is -0.466 e. The fourth-order valence-corrected chi connectivity index (χ4v) is 16.0. The number of nitrogens with one attached hydrogen (secondary N) is 4. The average Bonchev–Trinajstić information content (AvgIpc) is 1.34. The number of alkyl carbamates (subject to hydrolysis) is 1. The molecule has 4 atom stereocenters. The lowest BCUT2D eigenvalue weighted by atomic mass is 9.84. The molecule has 1 aliphatic carbocycles. The van der Waals surface area contributed by atoms with E-state index in [0.717, 1.165) is 61.7 Å². The maximum absolute atomic E-state index is 15.3. The molecular weight excluding hydrogens is 1280 g/mol. The van der Waals surface area contributed by atoms with Gasteiger partial charge in [-0.25, -0.2) is 9.59 Å². The highest BCUT2D eigenvalue weighted by atomic mass is 32.2. The van der Waals surface area contributed by atoms with Gasteiger partial charge in [-0.3, -0.25) is 19.2 Å². The second kappa shape index (κ2) is 34.8. The van der Waals surface area contributed by atoms with Crippen LogP contribution in [-0.2, 0) is 47.7 Å². The van der Waals surface area contributed by atoms with Gasteiger partial charge in [-0.1, -0.05) is 290 Å². The Labute approximate surface area is 587 Å². The molecule has 9 rings (SSSR count). The lowest BCUT2D eigenvalue weighted by Gasteiger charge is -2.36. The van der Waals surface area contributed by atoms with Crippen molar-refractivity contribution in [1.82, 2.24) is 21.3 Å².